The Morgan fingerprint density at radius 3 is 2.81 bits per heavy atom. The molecule has 164 valence electrons. The number of benzene rings is 2. The molecule has 2 heterocycles. The third kappa shape index (κ3) is 4.62. The SMILES string of the molecule is CCn1c(SCC(=O)N2CC[C@H](C)Sc3ccccc32)nc2cc(S(N)(=O)=O)ccc21. The predicted molar refractivity (Wildman–Crippen MR) is 126 cm³/mol. The minimum atomic E-state index is -3.80. The van der Waals surface area contributed by atoms with Gasteiger partial charge in [-0.2, -0.15) is 0 Å². The lowest BCUT2D eigenvalue weighted by Crippen LogP contribution is -2.33. The molecular formula is C21H24N4O3S3. The largest absolute Gasteiger partial charge is 0.319 e. The summed E-state index contributed by atoms with van der Waals surface area (Å²) >= 11 is 3.17. The molecule has 1 aromatic heterocycles. The van der Waals surface area contributed by atoms with E-state index < -0.39 is 10.0 Å². The number of hydrogen-bond donors (Lipinski definition) is 1. The van der Waals surface area contributed by atoms with E-state index in [1.54, 1.807) is 17.8 Å². The van der Waals surface area contributed by atoms with Crippen LogP contribution in [0.4, 0.5) is 5.69 Å². The maximum absolute atomic E-state index is 13.2. The molecule has 0 bridgehead atoms. The van der Waals surface area contributed by atoms with E-state index in [0.717, 1.165) is 22.5 Å². The zero-order valence-electron chi connectivity index (χ0n) is 17.3. The molecule has 2 aromatic carbocycles. The summed E-state index contributed by atoms with van der Waals surface area (Å²) < 4.78 is 25.3. The molecule has 10 heteroatoms. The Balaban J connectivity index is 1.58. The molecule has 1 aliphatic rings. The first kappa shape index (κ1) is 22.2. The fourth-order valence-corrected chi connectivity index (χ4v) is 6.23. The summed E-state index contributed by atoms with van der Waals surface area (Å²) in [6.07, 6.45) is 0.930. The lowest BCUT2D eigenvalue weighted by molar-refractivity contribution is -0.116. The van der Waals surface area contributed by atoms with E-state index in [2.05, 4.69) is 18.0 Å². The normalized spacial score (nSPS) is 16.9. The number of nitrogens with two attached hydrogens (primary N) is 1. The highest BCUT2D eigenvalue weighted by molar-refractivity contribution is 8.00. The number of hydrogen-bond acceptors (Lipinski definition) is 6. The van der Waals surface area contributed by atoms with Crippen LogP contribution in [0.25, 0.3) is 11.0 Å². The fraction of sp³-hybridized carbons (Fsp3) is 0.333. The van der Waals surface area contributed by atoms with Crippen molar-refractivity contribution in [3.05, 3.63) is 42.5 Å². The Morgan fingerprint density at radius 2 is 2.06 bits per heavy atom. The maximum Gasteiger partial charge on any atom is 0.238 e. The minimum Gasteiger partial charge on any atom is -0.319 e. The highest BCUT2D eigenvalue weighted by atomic mass is 32.2. The van der Waals surface area contributed by atoms with Crippen molar-refractivity contribution in [3.63, 3.8) is 0 Å². The first-order chi connectivity index (χ1) is 14.8. The monoisotopic (exact) mass is 476 g/mol. The number of carbonyl (C=O) groups is 1. The van der Waals surface area contributed by atoms with E-state index in [9.17, 15) is 13.2 Å². The van der Waals surface area contributed by atoms with Crippen LogP contribution in [0.15, 0.2) is 57.4 Å². The molecule has 3 aromatic rings. The molecule has 2 N–H and O–H groups in total. The van der Waals surface area contributed by atoms with Gasteiger partial charge in [-0.25, -0.2) is 18.5 Å². The van der Waals surface area contributed by atoms with E-state index in [-0.39, 0.29) is 16.6 Å². The Labute approximate surface area is 190 Å². The highest BCUT2D eigenvalue weighted by Crippen LogP contribution is 2.37. The van der Waals surface area contributed by atoms with Crippen LogP contribution in [0.5, 0.6) is 0 Å². The zero-order valence-corrected chi connectivity index (χ0v) is 19.8. The first-order valence-corrected chi connectivity index (χ1v) is 13.4. The third-order valence-corrected chi connectivity index (χ3v) is 8.31. The number of rotatable bonds is 5. The summed E-state index contributed by atoms with van der Waals surface area (Å²) in [4.78, 5) is 20.8. The number of aromatic nitrogens is 2. The molecule has 1 atom stereocenters. The number of aryl methyl sites for hydroxylation is 1. The molecule has 0 unspecified atom stereocenters. The zero-order chi connectivity index (χ0) is 22.2. The van der Waals surface area contributed by atoms with Gasteiger partial charge >= 0.3 is 0 Å². The van der Waals surface area contributed by atoms with Gasteiger partial charge in [-0.1, -0.05) is 30.8 Å². The van der Waals surface area contributed by atoms with Gasteiger partial charge in [-0.3, -0.25) is 4.79 Å². The van der Waals surface area contributed by atoms with Gasteiger partial charge in [0.2, 0.25) is 15.9 Å². The van der Waals surface area contributed by atoms with E-state index in [0.29, 0.717) is 29.0 Å². The van der Waals surface area contributed by atoms with Gasteiger partial charge in [0.05, 0.1) is 27.4 Å². The molecule has 31 heavy (non-hydrogen) atoms. The van der Waals surface area contributed by atoms with Crippen LogP contribution in [0.3, 0.4) is 0 Å². The van der Waals surface area contributed by atoms with Crippen molar-refractivity contribution in [1.29, 1.82) is 0 Å². The van der Waals surface area contributed by atoms with Gasteiger partial charge in [0.25, 0.3) is 0 Å². The molecule has 4 rings (SSSR count). The number of sulfonamides is 1. The molecule has 0 spiro atoms. The van der Waals surface area contributed by atoms with Crippen molar-refractivity contribution in [2.75, 3.05) is 17.2 Å². The second kappa shape index (κ2) is 8.85. The Hall–Kier alpha value is -2.01. The van der Waals surface area contributed by atoms with Crippen molar-refractivity contribution in [2.45, 2.75) is 47.0 Å². The molecular weight excluding hydrogens is 452 g/mol. The van der Waals surface area contributed by atoms with E-state index >= 15 is 0 Å². The van der Waals surface area contributed by atoms with Gasteiger partial charge in [0.1, 0.15) is 0 Å². The summed E-state index contributed by atoms with van der Waals surface area (Å²) in [5.41, 5.74) is 2.33. The lowest BCUT2D eigenvalue weighted by atomic mass is 10.2. The van der Waals surface area contributed by atoms with Crippen LogP contribution < -0.4 is 10.0 Å². The van der Waals surface area contributed by atoms with Gasteiger partial charge in [0.15, 0.2) is 5.16 Å². The second-order valence-electron chi connectivity index (χ2n) is 7.35. The smallest absolute Gasteiger partial charge is 0.238 e. The number of thioether (sulfide) groups is 2. The summed E-state index contributed by atoms with van der Waals surface area (Å²) in [5, 5.41) is 6.38. The van der Waals surface area contributed by atoms with Gasteiger partial charge < -0.3 is 9.47 Å². The number of imidazole rings is 1. The highest BCUT2D eigenvalue weighted by Gasteiger charge is 2.25. The van der Waals surface area contributed by atoms with Crippen LogP contribution in [-0.2, 0) is 21.4 Å². The number of fused-ring (bicyclic) bond motifs is 2. The van der Waals surface area contributed by atoms with Crippen molar-refractivity contribution >= 4 is 56.2 Å². The summed E-state index contributed by atoms with van der Waals surface area (Å²) in [6.45, 7) is 5.52. The number of carbonyl (C=O) groups excluding carboxylic acids is 1. The number of para-hydroxylation sites is 1. The minimum absolute atomic E-state index is 0.0289. The summed E-state index contributed by atoms with van der Waals surface area (Å²) in [6, 6.07) is 12.7. The average molecular weight is 477 g/mol. The molecule has 0 saturated carbocycles. The first-order valence-electron chi connectivity index (χ1n) is 10.00. The van der Waals surface area contributed by atoms with Crippen LogP contribution in [0.1, 0.15) is 20.3 Å². The van der Waals surface area contributed by atoms with Crippen molar-refractivity contribution < 1.29 is 13.2 Å². The number of primary sulfonamides is 1. The Morgan fingerprint density at radius 1 is 1.29 bits per heavy atom. The number of nitrogens with zero attached hydrogens (tertiary/aromatic N) is 3. The van der Waals surface area contributed by atoms with Crippen LogP contribution in [-0.4, -0.2) is 41.4 Å². The van der Waals surface area contributed by atoms with E-state index in [4.69, 9.17) is 5.14 Å². The van der Waals surface area contributed by atoms with Crippen LogP contribution >= 0.6 is 23.5 Å². The lowest BCUT2D eigenvalue weighted by Gasteiger charge is -2.22. The molecule has 1 aliphatic heterocycles. The van der Waals surface area contributed by atoms with Gasteiger partial charge in [0, 0.05) is 23.2 Å². The molecule has 0 fully saturated rings. The molecule has 7 nitrogen and oxygen atoms in total. The molecule has 0 saturated heterocycles. The van der Waals surface area contributed by atoms with E-state index in [1.807, 2.05) is 34.6 Å². The van der Waals surface area contributed by atoms with Crippen LogP contribution in [0, 0.1) is 0 Å². The quantitative estimate of drug-likeness (QED) is 0.564. The third-order valence-electron chi connectivity index (χ3n) is 5.20. The van der Waals surface area contributed by atoms with E-state index in [1.165, 1.54) is 23.9 Å². The average Bonchev–Trinajstić information content (AvgIpc) is 2.99. The molecule has 0 radical (unpaired) electrons. The maximum atomic E-state index is 13.2. The topological polar surface area (TPSA) is 98.3 Å². The molecule has 0 aliphatic carbocycles. The van der Waals surface area contributed by atoms with Crippen molar-refractivity contribution in [2.24, 2.45) is 5.14 Å². The Kier molecular flexibility index (Phi) is 6.34. The van der Waals surface area contributed by atoms with Crippen molar-refractivity contribution in [1.82, 2.24) is 9.55 Å². The number of anilines is 1. The number of amides is 1. The second-order valence-corrected chi connectivity index (χ2v) is 11.3. The van der Waals surface area contributed by atoms with Gasteiger partial charge in [-0.05, 0) is 43.7 Å². The molecule has 1 amide bonds. The van der Waals surface area contributed by atoms with Gasteiger partial charge in [-0.15, -0.1) is 11.8 Å². The van der Waals surface area contributed by atoms with Crippen molar-refractivity contribution in [3.8, 4) is 0 Å². The standard InChI is InChI=1S/C21H24N4O3S3/c1-3-24-17-9-8-15(31(22,27)28)12-16(17)23-21(24)29-13-20(26)25-11-10-14(2)30-19-7-5-4-6-18(19)25/h4-9,12,14H,3,10-11,13H2,1-2H3,(H2,22,27,28)/t14-/m0/s1. The predicted octanol–water partition coefficient (Wildman–Crippen LogP) is 3.71. The summed E-state index contributed by atoms with van der Waals surface area (Å²) in [7, 11) is -3.80. The summed E-state index contributed by atoms with van der Waals surface area (Å²) in [5.74, 6) is 0.283. The Bertz CT molecular complexity index is 1240. The fourth-order valence-electron chi connectivity index (χ4n) is 3.63. The van der Waals surface area contributed by atoms with Crippen LogP contribution in [0.2, 0.25) is 0 Å².